The van der Waals surface area contributed by atoms with Crippen molar-refractivity contribution in [3.63, 3.8) is 0 Å². The van der Waals surface area contributed by atoms with Crippen molar-refractivity contribution in [3.05, 3.63) is 42.2 Å². The first-order chi connectivity index (χ1) is 7.06. The number of halogens is 1. The summed E-state index contributed by atoms with van der Waals surface area (Å²) in [5.74, 6) is -1.35. The monoisotopic (exact) mass is 229 g/mol. The average molecular weight is 229 g/mol. The molecule has 1 aromatic rings. The van der Waals surface area contributed by atoms with Gasteiger partial charge in [-0.25, -0.2) is 12.8 Å². The molecule has 0 spiro atoms. The lowest BCUT2D eigenvalue weighted by Gasteiger charge is -2.01. The Labute approximate surface area is 88.3 Å². The molecule has 0 heterocycles. The molecule has 5 heteroatoms. The Kier molecular flexibility index (Phi) is 3.99. The summed E-state index contributed by atoms with van der Waals surface area (Å²) in [4.78, 5) is 0.116. The van der Waals surface area contributed by atoms with Gasteiger partial charge in [0.2, 0.25) is 0 Å². The molecule has 3 nitrogen and oxygen atoms in total. The highest BCUT2D eigenvalue weighted by Gasteiger charge is 2.15. The predicted octanol–water partition coefficient (Wildman–Crippen LogP) is 1.27. The van der Waals surface area contributed by atoms with Crippen molar-refractivity contribution in [1.82, 2.24) is 0 Å². The van der Waals surface area contributed by atoms with Gasteiger partial charge in [-0.05, 0) is 18.2 Å². The Bertz CT molecular complexity index is 440. The fraction of sp³-hybridized carbons (Fsp3) is 0.200. The SMILES string of the molecule is NCC=C(F)CS(=O)(=O)c1ccccc1. The minimum Gasteiger partial charge on any atom is -0.327 e. The van der Waals surface area contributed by atoms with Gasteiger partial charge in [0.1, 0.15) is 11.6 Å². The van der Waals surface area contributed by atoms with E-state index in [1.807, 2.05) is 0 Å². The number of benzene rings is 1. The fourth-order valence-electron chi connectivity index (χ4n) is 1.08. The summed E-state index contributed by atoms with van der Waals surface area (Å²) in [6.07, 6.45) is 1.06. The lowest BCUT2D eigenvalue weighted by atomic mass is 10.4. The van der Waals surface area contributed by atoms with Crippen molar-refractivity contribution in [2.24, 2.45) is 5.73 Å². The first-order valence-electron chi connectivity index (χ1n) is 4.38. The van der Waals surface area contributed by atoms with E-state index in [1.54, 1.807) is 18.2 Å². The highest BCUT2D eigenvalue weighted by atomic mass is 32.2. The van der Waals surface area contributed by atoms with Gasteiger partial charge in [-0.1, -0.05) is 18.2 Å². The van der Waals surface area contributed by atoms with Gasteiger partial charge >= 0.3 is 0 Å². The van der Waals surface area contributed by atoms with Crippen LogP contribution in [-0.4, -0.2) is 20.7 Å². The number of hydrogen-bond donors (Lipinski definition) is 1. The molecular weight excluding hydrogens is 217 g/mol. The zero-order valence-corrected chi connectivity index (χ0v) is 8.87. The molecule has 1 aromatic carbocycles. The first kappa shape index (κ1) is 11.9. The lowest BCUT2D eigenvalue weighted by Crippen LogP contribution is -2.08. The van der Waals surface area contributed by atoms with Gasteiger partial charge in [-0.15, -0.1) is 0 Å². The third kappa shape index (κ3) is 3.45. The maximum absolute atomic E-state index is 13.0. The summed E-state index contributed by atoms with van der Waals surface area (Å²) in [7, 11) is -3.58. The molecule has 0 amide bonds. The van der Waals surface area contributed by atoms with Crippen molar-refractivity contribution < 1.29 is 12.8 Å². The molecule has 0 aliphatic carbocycles. The van der Waals surface area contributed by atoms with E-state index < -0.39 is 21.4 Å². The molecule has 1 rings (SSSR count). The molecular formula is C10H12FNO2S. The molecule has 0 fully saturated rings. The topological polar surface area (TPSA) is 60.2 Å². The summed E-state index contributed by atoms with van der Waals surface area (Å²) in [5, 5.41) is 0. The molecule has 0 radical (unpaired) electrons. The average Bonchev–Trinajstić information content (AvgIpc) is 2.18. The second-order valence-corrected chi connectivity index (χ2v) is 4.95. The number of rotatable bonds is 4. The van der Waals surface area contributed by atoms with E-state index in [0.717, 1.165) is 6.08 Å². The standard InChI is InChI=1S/C10H12FNO2S/c11-9(6-7-12)8-15(13,14)10-4-2-1-3-5-10/h1-6H,7-8,12H2. The fourth-order valence-corrected chi connectivity index (χ4v) is 2.30. The molecule has 2 N–H and O–H groups in total. The Morgan fingerprint density at radius 1 is 1.33 bits per heavy atom. The summed E-state index contributed by atoms with van der Waals surface area (Å²) in [6.45, 7) is -0.00383. The molecule has 0 bridgehead atoms. The van der Waals surface area contributed by atoms with Gasteiger partial charge in [-0.2, -0.15) is 0 Å². The van der Waals surface area contributed by atoms with E-state index in [1.165, 1.54) is 12.1 Å². The van der Waals surface area contributed by atoms with E-state index >= 15 is 0 Å². The van der Waals surface area contributed by atoms with Crippen molar-refractivity contribution in [2.75, 3.05) is 12.3 Å². The summed E-state index contributed by atoms with van der Waals surface area (Å²) in [5.41, 5.74) is 5.08. The van der Waals surface area contributed by atoms with Crippen LogP contribution in [-0.2, 0) is 9.84 Å². The van der Waals surface area contributed by atoms with E-state index in [-0.39, 0.29) is 11.4 Å². The number of hydrogen-bond acceptors (Lipinski definition) is 3. The normalized spacial score (nSPS) is 12.8. The largest absolute Gasteiger partial charge is 0.327 e. The molecule has 15 heavy (non-hydrogen) atoms. The quantitative estimate of drug-likeness (QED) is 0.845. The summed E-state index contributed by atoms with van der Waals surface area (Å²) < 4.78 is 36.2. The smallest absolute Gasteiger partial charge is 0.184 e. The van der Waals surface area contributed by atoms with Crippen LogP contribution in [0.4, 0.5) is 4.39 Å². The van der Waals surface area contributed by atoms with Gasteiger partial charge in [0.25, 0.3) is 0 Å². The minimum atomic E-state index is -3.58. The van der Waals surface area contributed by atoms with Crippen LogP contribution in [0.25, 0.3) is 0 Å². The Balaban J connectivity index is 2.91. The van der Waals surface area contributed by atoms with Crippen molar-refractivity contribution >= 4 is 9.84 Å². The highest BCUT2D eigenvalue weighted by molar-refractivity contribution is 7.91. The van der Waals surface area contributed by atoms with Crippen LogP contribution in [0, 0.1) is 0 Å². The molecule has 0 aliphatic heterocycles. The summed E-state index contributed by atoms with van der Waals surface area (Å²) >= 11 is 0. The van der Waals surface area contributed by atoms with Gasteiger partial charge in [0.15, 0.2) is 9.84 Å². The van der Waals surface area contributed by atoms with E-state index in [2.05, 4.69) is 0 Å². The van der Waals surface area contributed by atoms with Crippen LogP contribution in [0.3, 0.4) is 0 Å². The number of nitrogens with two attached hydrogens (primary N) is 1. The van der Waals surface area contributed by atoms with Gasteiger partial charge in [-0.3, -0.25) is 0 Å². The predicted molar refractivity (Wildman–Crippen MR) is 56.7 cm³/mol. The minimum absolute atomic E-state index is 0.00383. The van der Waals surface area contributed by atoms with Crippen molar-refractivity contribution in [3.8, 4) is 0 Å². The van der Waals surface area contributed by atoms with Gasteiger partial charge < -0.3 is 5.73 Å². The lowest BCUT2D eigenvalue weighted by molar-refractivity contribution is 0.583. The van der Waals surface area contributed by atoms with E-state index in [9.17, 15) is 12.8 Å². The van der Waals surface area contributed by atoms with Crippen LogP contribution in [0.1, 0.15) is 0 Å². The molecule has 0 aliphatic rings. The third-order valence-electron chi connectivity index (χ3n) is 1.77. The summed E-state index contributed by atoms with van der Waals surface area (Å²) in [6, 6.07) is 7.76. The van der Waals surface area contributed by atoms with Crippen LogP contribution in [0.5, 0.6) is 0 Å². The Morgan fingerprint density at radius 3 is 2.47 bits per heavy atom. The number of sulfone groups is 1. The van der Waals surface area contributed by atoms with E-state index in [4.69, 9.17) is 5.73 Å². The highest BCUT2D eigenvalue weighted by Crippen LogP contribution is 2.13. The van der Waals surface area contributed by atoms with Gasteiger partial charge in [0, 0.05) is 6.54 Å². The first-order valence-corrected chi connectivity index (χ1v) is 6.04. The Hall–Kier alpha value is -1.20. The molecule has 82 valence electrons. The van der Waals surface area contributed by atoms with Crippen molar-refractivity contribution in [1.29, 1.82) is 0 Å². The van der Waals surface area contributed by atoms with Crippen LogP contribution in [0.2, 0.25) is 0 Å². The maximum atomic E-state index is 13.0. The molecule has 0 aromatic heterocycles. The van der Waals surface area contributed by atoms with Crippen LogP contribution >= 0.6 is 0 Å². The van der Waals surface area contributed by atoms with Crippen LogP contribution in [0.15, 0.2) is 47.1 Å². The zero-order chi connectivity index (χ0) is 11.3. The third-order valence-corrected chi connectivity index (χ3v) is 3.42. The zero-order valence-electron chi connectivity index (χ0n) is 8.06. The molecule has 0 saturated heterocycles. The van der Waals surface area contributed by atoms with Crippen LogP contribution < -0.4 is 5.73 Å². The molecule has 0 unspecified atom stereocenters. The van der Waals surface area contributed by atoms with E-state index in [0.29, 0.717) is 0 Å². The molecule has 0 atom stereocenters. The van der Waals surface area contributed by atoms with Crippen molar-refractivity contribution in [2.45, 2.75) is 4.90 Å². The second kappa shape index (κ2) is 5.04. The Morgan fingerprint density at radius 2 is 1.93 bits per heavy atom. The second-order valence-electron chi connectivity index (χ2n) is 2.96. The van der Waals surface area contributed by atoms with Gasteiger partial charge in [0.05, 0.1) is 4.90 Å². The maximum Gasteiger partial charge on any atom is 0.184 e. The molecule has 0 saturated carbocycles.